The molecule has 1 aliphatic heterocycles. The minimum absolute atomic E-state index is 0.0354. The summed E-state index contributed by atoms with van der Waals surface area (Å²) in [6, 6.07) is 27.7. The number of hydrogen-bond acceptors (Lipinski definition) is 7. The number of aromatic nitrogens is 1. The van der Waals surface area contributed by atoms with E-state index in [1.165, 1.54) is 11.8 Å². The van der Waals surface area contributed by atoms with Gasteiger partial charge >= 0.3 is 0 Å². The summed E-state index contributed by atoms with van der Waals surface area (Å²) >= 11 is 2.81. The summed E-state index contributed by atoms with van der Waals surface area (Å²) in [7, 11) is 0. The number of para-hydroxylation sites is 2. The molecular formula is C30H23N5OS2. The molecule has 1 aliphatic rings. The predicted molar refractivity (Wildman–Crippen MR) is 152 cm³/mol. The number of fused-ring (bicyclic) bond motifs is 2. The molecule has 0 spiro atoms. The molecule has 4 aromatic rings. The molecule has 8 heteroatoms. The Morgan fingerprint density at radius 3 is 2.11 bits per heavy atom. The molecule has 1 amide bonds. The van der Waals surface area contributed by atoms with Crippen molar-refractivity contribution in [1.82, 2.24) is 4.98 Å². The molecule has 0 saturated carbocycles. The van der Waals surface area contributed by atoms with Gasteiger partial charge in [-0.1, -0.05) is 79.0 Å². The summed E-state index contributed by atoms with van der Waals surface area (Å²) in [6.07, 6.45) is 0.872. The van der Waals surface area contributed by atoms with Crippen molar-refractivity contribution in [2.24, 2.45) is 0 Å². The van der Waals surface area contributed by atoms with Crippen LogP contribution in [0.1, 0.15) is 30.5 Å². The fourth-order valence-corrected chi connectivity index (χ4v) is 6.44. The molecule has 1 atom stereocenters. The van der Waals surface area contributed by atoms with Gasteiger partial charge in [-0.25, -0.2) is 4.98 Å². The summed E-state index contributed by atoms with van der Waals surface area (Å²) in [5.41, 5.74) is 10.5. The van der Waals surface area contributed by atoms with Crippen LogP contribution in [0.5, 0.6) is 0 Å². The molecule has 0 fully saturated rings. The Hall–Kier alpha value is -4.24. The van der Waals surface area contributed by atoms with Gasteiger partial charge < -0.3 is 5.73 Å². The van der Waals surface area contributed by atoms with Gasteiger partial charge in [0.2, 0.25) is 5.91 Å². The third-order valence-electron chi connectivity index (χ3n) is 6.36. The number of thioether (sulfide) groups is 1. The molecule has 38 heavy (non-hydrogen) atoms. The SMILES string of the molecule is CCc1ccc(-c2c(C#N)c(N)nc(SC(C)C(=O)N3c4ccccc4Sc4ccccc43)c2C#N)cc1. The molecule has 1 unspecified atom stereocenters. The maximum absolute atomic E-state index is 14.0. The van der Waals surface area contributed by atoms with E-state index in [1.807, 2.05) is 72.8 Å². The highest BCUT2D eigenvalue weighted by Gasteiger charge is 2.32. The largest absolute Gasteiger partial charge is 0.383 e. The van der Waals surface area contributed by atoms with E-state index in [2.05, 4.69) is 24.0 Å². The summed E-state index contributed by atoms with van der Waals surface area (Å²) < 4.78 is 0. The fraction of sp³-hybridized carbons (Fsp3) is 0.133. The van der Waals surface area contributed by atoms with Gasteiger partial charge in [0.05, 0.1) is 22.2 Å². The van der Waals surface area contributed by atoms with Crippen molar-refractivity contribution in [1.29, 1.82) is 10.5 Å². The highest BCUT2D eigenvalue weighted by atomic mass is 32.2. The zero-order chi connectivity index (χ0) is 26.8. The van der Waals surface area contributed by atoms with Gasteiger partial charge in [0, 0.05) is 15.4 Å². The number of nitriles is 2. The summed E-state index contributed by atoms with van der Waals surface area (Å²) in [5.74, 6) is -0.106. The highest BCUT2D eigenvalue weighted by Crippen LogP contribution is 2.49. The Kier molecular flexibility index (Phi) is 7.11. The number of nitrogens with two attached hydrogens (primary N) is 1. The maximum Gasteiger partial charge on any atom is 0.244 e. The van der Waals surface area contributed by atoms with Crippen molar-refractivity contribution >= 4 is 46.6 Å². The van der Waals surface area contributed by atoms with Crippen LogP contribution in [0.25, 0.3) is 11.1 Å². The first-order valence-corrected chi connectivity index (χ1v) is 13.8. The molecule has 0 aliphatic carbocycles. The molecule has 3 aromatic carbocycles. The zero-order valence-corrected chi connectivity index (χ0v) is 22.4. The van der Waals surface area contributed by atoms with E-state index in [9.17, 15) is 15.3 Å². The van der Waals surface area contributed by atoms with Crippen LogP contribution in [0.3, 0.4) is 0 Å². The normalized spacial score (nSPS) is 12.6. The van der Waals surface area contributed by atoms with Gasteiger partial charge in [-0.05, 0) is 48.7 Å². The van der Waals surface area contributed by atoms with Crippen molar-refractivity contribution in [3.63, 3.8) is 0 Å². The second-order valence-electron chi connectivity index (χ2n) is 8.67. The van der Waals surface area contributed by atoms with Crippen LogP contribution in [0, 0.1) is 22.7 Å². The van der Waals surface area contributed by atoms with E-state index >= 15 is 0 Å². The van der Waals surface area contributed by atoms with E-state index in [1.54, 1.807) is 23.6 Å². The maximum atomic E-state index is 14.0. The molecule has 6 nitrogen and oxygen atoms in total. The van der Waals surface area contributed by atoms with E-state index < -0.39 is 5.25 Å². The lowest BCUT2D eigenvalue weighted by Gasteiger charge is -2.32. The van der Waals surface area contributed by atoms with E-state index in [0.717, 1.165) is 33.2 Å². The van der Waals surface area contributed by atoms with Gasteiger partial charge in [-0.15, -0.1) is 0 Å². The Labute approximate surface area is 230 Å². The number of rotatable bonds is 5. The monoisotopic (exact) mass is 533 g/mol. The third-order valence-corrected chi connectivity index (χ3v) is 8.56. The Bertz CT molecular complexity index is 1590. The lowest BCUT2D eigenvalue weighted by Crippen LogP contribution is -2.34. The van der Waals surface area contributed by atoms with E-state index in [-0.39, 0.29) is 22.9 Å². The molecule has 1 aromatic heterocycles. The van der Waals surface area contributed by atoms with Gasteiger partial charge in [-0.2, -0.15) is 10.5 Å². The second-order valence-corrected chi connectivity index (χ2v) is 11.1. The van der Waals surface area contributed by atoms with Gasteiger partial charge in [-0.3, -0.25) is 9.69 Å². The Morgan fingerprint density at radius 2 is 1.55 bits per heavy atom. The van der Waals surface area contributed by atoms with Gasteiger partial charge in [0.1, 0.15) is 28.5 Å². The number of carbonyl (C=O) groups is 1. The third kappa shape index (κ3) is 4.50. The number of nitrogen functional groups attached to an aromatic ring is 1. The smallest absolute Gasteiger partial charge is 0.244 e. The van der Waals surface area contributed by atoms with Crippen LogP contribution in [0.2, 0.25) is 0 Å². The van der Waals surface area contributed by atoms with Crippen LogP contribution in [0.4, 0.5) is 17.2 Å². The first kappa shape index (κ1) is 25.4. The average molecular weight is 534 g/mol. The minimum Gasteiger partial charge on any atom is -0.383 e. The van der Waals surface area contributed by atoms with Crippen LogP contribution in [-0.4, -0.2) is 16.1 Å². The first-order chi connectivity index (χ1) is 18.5. The van der Waals surface area contributed by atoms with Crippen molar-refractivity contribution in [3.05, 3.63) is 89.5 Å². The minimum atomic E-state index is -0.596. The molecule has 0 bridgehead atoms. The number of pyridine rings is 1. The van der Waals surface area contributed by atoms with Gasteiger partial charge in [0.25, 0.3) is 0 Å². The second kappa shape index (κ2) is 10.6. The summed E-state index contributed by atoms with van der Waals surface area (Å²) in [5, 5.41) is 19.8. The molecule has 0 saturated heterocycles. The van der Waals surface area contributed by atoms with Crippen molar-refractivity contribution in [3.8, 4) is 23.3 Å². The summed E-state index contributed by atoms with van der Waals surface area (Å²) in [4.78, 5) is 22.1. The quantitative estimate of drug-likeness (QED) is 0.277. The van der Waals surface area contributed by atoms with Gasteiger partial charge in [0.15, 0.2) is 0 Å². The lowest BCUT2D eigenvalue weighted by molar-refractivity contribution is -0.117. The highest BCUT2D eigenvalue weighted by molar-refractivity contribution is 8.00. The standard InChI is InChI=1S/C30H23N5OS2/c1-3-19-12-14-20(15-13-19)27-21(16-31)28(33)34-29(22(27)17-32)37-18(2)30(36)35-23-8-4-6-10-25(23)38-26-11-7-5-9-24(26)35/h4-15,18H,3H2,1-2H3,(H2,33,34). The predicted octanol–water partition coefficient (Wildman–Crippen LogP) is 6.95. The van der Waals surface area contributed by atoms with E-state index in [4.69, 9.17) is 5.73 Å². The Balaban J connectivity index is 1.56. The van der Waals surface area contributed by atoms with E-state index in [0.29, 0.717) is 16.2 Å². The number of carbonyl (C=O) groups excluding carboxylic acids is 1. The molecule has 186 valence electrons. The fourth-order valence-electron chi connectivity index (χ4n) is 4.42. The Morgan fingerprint density at radius 1 is 0.974 bits per heavy atom. The lowest BCUT2D eigenvalue weighted by atomic mass is 9.96. The summed E-state index contributed by atoms with van der Waals surface area (Å²) in [6.45, 7) is 3.86. The number of anilines is 3. The number of nitrogens with zero attached hydrogens (tertiary/aromatic N) is 4. The first-order valence-electron chi connectivity index (χ1n) is 12.1. The molecule has 2 heterocycles. The molecular weight excluding hydrogens is 510 g/mol. The number of amides is 1. The number of aryl methyl sites for hydroxylation is 1. The van der Waals surface area contributed by atoms with Crippen LogP contribution in [0.15, 0.2) is 87.6 Å². The van der Waals surface area contributed by atoms with Crippen molar-refractivity contribution < 1.29 is 4.79 Å². The molecule has 2 N–H and O–H groups in total. The number of benzene rings is 3. The molecule has 0 radical (unpaired) electrons. The average Bonchev–Trinajstić information content (AvgIpc) is 2.95. The van der Waals surface area contributed by atoms with Crippen molar-refractivity contribution in [2.75, 3.05) is 10.6 Å². The zero-order valence-electron chi connectivity index (χ0n) is 20.8. The van der Waals surface area contributed by atoms with Crippen molar-refractivity contribution in [2.45, 2.75) is 40.3 Å². The topological polar surface area (TPSA) is 107 Å². The van der Waals surface area contributed by atoms with Crippen LogP contribution in [-0.2, 0) is 11.2 Å². The number of hydrogen-bond donors (Lipinski definition) is 1. The molecule has 5 rings (SSSR count). The van der Waals surface area contributed by atoms with Crippen LogP contribution >= 0.6 is 23.5 Å². The van der Waals surface area contributed by atoms with Crippen LogP contribution < -0.4 is 10.6 Å².